The van der Waals surface area contributed by atoms with Gasteiger partial charge in [0.25, 0.3) is 0 Å². The van der Waals surface area contributed by atoms with Crippen LogP contribution in [0.5, 0.6) is 0 Å². The molecule has 0 radical (unpaired) electrons. The molecule has 0 amide bonds. The summed E-state index contributed by atoms with van der Waals surface area (Å²) in [6.07, 6.45) is 3.60. The minimum absolute atomic E-state index is 0.236. The highest BCUT2D eigenvalue weighted by molar-refractivity contribution is 7.09. The molecule has 1 aromatic heterocycles. The highest BCUT2D eigenvalue weighted by Crippen LogP contribution is 2.24. The Bertz CT molecular complexity index is 636. The fourth-order valence-electron chi connectivity index (χ4n) is 3.36. The van der Waals surface area contributed by atoms with Gasteiger partial charge in [-0.1, -0.05) is 6.07 Å². The van der Waals surface area contributed by atoms with Crippen LogP contribution in [-0.4, -0.2) is 23.0 Å². The summed E-state index contributed by atoms with van der Waals surface area (Å²) in [5.41, 5.74) is 1.37. The number of nitrogens with zero attached hydrogens (tertiary/aromatic N) is 2. The van der Waals surface area contributed by atoms with E-state index in [9.17, 15) is 8.78 Å². The Labute approximate surface area is 140 Å². The number of hydrogen-bond donors (Lipinski definition) is 0. The normalized spacial score (nSPS) is 19.2. The van der Waals surface area contributed by atoms with E-state index in [0.29, 0.717) is 12.3 Å². The van der Waals surface area contributed by atoms with Crippen LogP contribution in [0.3, 0.4) is 0 Å². The molecule has 124 valence electrons. The molecular formula is C18H22F2N2S. The van der Waals surface area contributed by atoms with Gasteiger partial charge in [-0.3, -0.25) is 4.90 Å². The van der Waals surface area contributed by atoms with Crippen LogP contribution in [0, 0.1) is 24.5 Å². The topological polar surface area (TPSA) is 16.1 Å². The SMILES string of the molecule is Cc1nc(CN2CCC[C@H](CCc3c(F)cccc3F)C2)cs1. The minimum atomic E-state index is -0.421. The predicted octanol–water partition coefficient (Wildman–Crippen LogP) is 4.57. The largest absolute Gasteiger partial charge is 0.297 e. The number of benzene rings is 1. The third-order valence-electron chi connectivity index (χ3n) is 4.52. The molecule has 3 rings (SSSR count). The summed E-state index contributed by atoms with van der Waals surface area (Å²) in [5.74, 6) is -0.339. The Hall–Kier alpha value is -1.33. The molecule has 1 atom stereocenters. The van der Waals surface area contributed by atoms with Crippen molar-refractivity contribution in [2.24, 2.45) is 5.92 Å². The first-order chi connectivity index (χ1) is 11.1. The Kier molecular flexibility index (Phi) is 5.38. The van der Waals surface area contributed by atoms with Crippen LogP contribution in [0.1, 0.15) is 35.5 Å². The second-order valence-corrected chi connectivity index (χ2v) is 7.40. The molecule has 1 aromatic carbocycles. The predicted molar refractivity (Wildman–Crippen MR) is 89.5 cm³/mol. The number of aromatic nitrogens is 1. The first-order valence-electron chi connectivity index (χ1n) is 8.18. The van der Waals surface area contributed by atoms with Gasteiger partial charge in [-0.15, -0.1) is 11.3 Å². The van der Waals surface area contributed by atoms with Crippen LogP contribution in [0.2, 0.25) is 0 Å². The van der Waals surface area contributed by atoms with Crippen molar-refractivity contribution >= 4 is 11.3 Å². The second-order valence-electron chi connectivity index (χ2n) is 6.34. The molecule has 1 aliphatic heterocycles. The first kappa shape index (κ1) is 16.5. The molecule has 0 spiro atoms. The Morgan fingerprint density at radius 2 is 2.09 bits per heavy atom. The standard InChI is InChI=1S/C18H22F2N2S/c1-13-21-15(12-23-13)11-22-9-3-4-14(10-22)7-8-16-17(19)5-2-6-18(16)20/h2,5-6,12,14H,3-4,7-11H2,1H3/t14-/m1/s1. The Balaban J connectivity index is 1.54. The molecule has 0 saturated carbocycles. The van der Waals surface area contributed by atoms with Crippen LogP contribution in [0.4, 0.5) is 8.78 Å². The summed E-state index contributed by atoms with van der Waals surface area (Å²) in [6, 6.07) is 4.11. The lowest BCUT2D eigenvalue weighted by molar-refractivity contribution is 0.160. The van der Waals surface area contributed by atoms with Crippen LogP contribution in [0.25, 0.3) is 0 Å². The fraction of sp³-hybridized carbons (Fsp3) is 0.500. The molecule has 0 aliphatic carbocycles. The van der Waals surface area contributed by atoms with E-state index in [2.05, 4.69) is 15.3 Å². The summed E-state index contributed by atoms with van der Waals surface area (Å²) in [7, 11) is 0. The quantitative estimate of drug-likeness (QED) is 0.795. The van der Waals surface area contributed by atoms with Gasteiger partial charge in [-0.2, -0.15) is 0 Å². The van der Waals surface area contributed by atoms with Crippen molar-refractivity contribution in [2.75, 3.05) is 13.1 Å². The number of halogens is 2. The molecule has 2 nitrogen and oxygen atoms in total. The number of hydrogen-bond acceptors (Lipinski definition) is 3. The van der Waals surface area contributed by atoms with Gasteiger partial charge in [0.2, 0.25) is 0 Å². The van der Waals surface area contributed by atoms with Gasteiger partial charge in [0.1, 0.15) is 11.6 Å². The highest BCUT2D eigenvalue weighted by Gasteiger charge is 2.21. The average molecular weight is 336 g/mol. The molecule has 0 unspecified atom stereocenters. The van der Waals surface area contributed by atoms with Crippen molar-refractivity contribution in [3.63, 3.8) is 0 Å². The third kappa shape index (κ3) is 4.36. The first-order valence-corrected chi connectivity index (χ1v) is 9.06. The van der Waals surface area contributed by atoms with Crippen molar-refractivity contribution in [3.8, 4) is 0 Å². The molecule has 23 heavy (non-hydrogen) atoms. The van der Waals surface area contributed by atoms with Gasteiger partial charge in [-0.05, 0) is 57.2 Å². The highest BCUT2D eigenvalue weighted by atomic mass is 32.1. The van der Waals surface area contributed by atoms with E-state index in [4.69, 9.17) is 0 Å². The zero-order chi connectivity index (χ0) is 16.2. The van der Waals surface area contributed by atoms with Crippen LogP contribution >= 0.6 is 11.3 Å². The number of likely N-dealkylation sites (tertiary alicyclic amines) is 1. The van der Waals surface area contributed by atoms with E-state index in [-0.39, 0.29) is 5.56 Å². The number of rotatable bonds is 5. The molecule has 2 heterocycles. The number of aryl methyl sites for hydroxylation is 1. The lowest BCUT2D eigenvalue weighted by Gasteiger charge is -2.32. The summed E-state index contributed by atoms with van der Waals surface area (Å²) >= 11 is 1.68. The maximum Gasteiger partial charge on any atom is 0.129 e. The summed E-state index contributed by atoms with van der Waals surface area (Å²) < 4.78 is 27.4. The number of thiazole rings is 1. The maximum absolute atomic E-state index is 13.7. The average Bonchev–Trinajstić information content (AvgIpc) is 2.92. The third-order valence-corrected chi connectivity index (χ3v) is 5.34. The van der Waals surface area contributed by atoms with Crippen molar-refractivity contribution in [1.29, 1.82) is 0 Å². The zero-order valence-electron chi connectivity index (χ0n) is 13.4. The fourth-order valence-corrected chi connectivity index (χ4v) is 3.96. The molecule has 0 N–H and O–H groups in total. The molecule has 1 aliphatic rings. The molecule has 5 heteroatoms. The van der Waals surface area contributed by atoms with E-state index in [1.54, 1.807) is 11.3 Å². The zero-order valence-corrected chi connectivity index (χ0v) is 14.2. The Morgan fingerprint density at radius 1 is 1.30 bits per heavy atom. The van der Waals surface area contributed by atoms with E-state index in [1.807, 2.05) is 6.92 Å². The van der Waals surface area contributed by atoms with Crippen molar-refractivity contribution in [2.45, 2.75) is 39.2 Å². The summed E-state index contributed by atoms with van der Waals surface area (Å²) in [6.45, 7) is 4.98. The second kappa shape index (κ2) is 7.49. The molecule has 1 fully saturated rings. The Morgan fingerprint density at radius 3 is 2.78 bits per heavy atom. The number of piperidine rings is 1. The summed E-state index contributed by atoms with van der Waals surface area (Å²) in [4.78, 5) is 6.94. The molecular weight excluding hydrogens is 314 g/mol. The lowest BCUT2D eigenvalue weighted by atomic mass is 9.91. The van der Waals surface area contributed by atoms with Gasteiger partial charge >= 0.3 is 0 Å². The van der Waals surface area contributed by atoms with Gasteiger partial charge in [0, 0.05) is 24.0 Å². The van der Waals surface area contributed by atoms with E-state index in [0.717, 1.165) is 49.6 Å². The van der Waals surface area contributed by atoms with Gasteiger partial charge in [-0.25, -0.2) is 13.8 Å². The minimum Gasteiger partial charge on any atom is -0.297 e. The molecule has 2 aromatic rings. The van der Waals surface area contributed by atoms with E-state index < -0.39 is 11.6 Å². The van der Waals surface area contributed by atoms with Gasteiger partial charge in [0.05, 0.1) is 10.7 Å². The van der Waals surface area contributed by atoms with Crippen LogP contribution in [-0.2, 0) is 13.0 Å². The van der Waals surface area contributed by atoms with Crippen molar-refractivity contribution < 1.29 is 8.78 Å². The van der Waals surface area contributed by atoms with Crippen molar-refractivity contribution in [3.05, 3.63) is 51.5 Å². The van der Waals surface area contributed by atoms with Gasteiger partial charge in [0.15, 0.2) is 0 Å². The van der Waals surface area contributed by atoms with Crippen molar-refractivity contribution in [1.82, 2.24) is 9.88 Å². The van der Waals surface area contributed by atoms with E-state index in [1.165, 1.54) is 18.2 Å². The monoisotopic (exact) mass is 336 g/mol. The van der Waals surface area contributed by atoms with Gasteiger partial charge < -0.3 is 0 Å². The van der Waals surface area contributed by atoms with Crippen LogP contribution < -0.4 is 0 Å². The van der Waals surface area contributed by atoms with Crippen LogP contribution in [0.15, 0.2) is 23.6 Å². The maximum atomic E-state index is 13.7. The molecule has 1 saturated heterocycles. The summed E-state index contributed by atoms with van der Waals surface area (Å²) in [5, 5.41) is 3.22. The smallest absolute Gasteiger partial charge is 0.129 e. The lowest BCUT2D eigenvalue weighted by Crippen LogP contribution is -2.35. The van der Waals surface area contributed by atoms with E-state index >= 15 is 0 Å². The molecule has 0 bridgehead atoms.